The van der Waals surface area contributed by atoms with Gasteiger partial charge in [-0.1, -0.05) is 13.8 Å². The molecule has 0 saturated carbocycles. The Morgan fingerprint density at radius 3 is 2.53 bits per heavy atom. The van der Waals surface area contributed by atoms with Crippen molar-refractivity contribution >= 4 is 11.7 Å². The van der Waals surface area contributed by atoms with Gasteiger partial charge >= 0.3 is 12.3 Å². The Balaban J connectivity index is 2.18. The van der Waals surface area contributed by atoms with Crippen LogP contribution < -0.4 is 14.8 Å². The Labute approximate surface area is 108 Å². The van der Waals surface area contributed by atoms with Crippen LogP contribution in [0.3, 0.4) is 0 Å². The molecule has 1 aliphatic rings. The molecule has 0 aliphatic carbocycles. The lowest BCUT2D eigenvalue weighted by molar-refractivity contribution is -0.286. The molecule has 104 valence electrons. The predicted octanol–water partition coefficient (Wildman–Crippen LogP) is 2.53. The molecule has 1 aromatic carbocycles. The molecule has 0 fully saturated rings. The van der Waals surface area contributed by atoms with Crippen LogP contribution in [-0.2, 0) is 4.79 Å². The number of hydrogen-bond donors (Lipinski definition) is 2. The molecule has 1 heterocycles. The minimum atomic E-state index is -3.68. The molecule has 5 nitrogen and oxygen atoms in total. The molecule has 0 radical (unpaired) electrons. The van der Waals surface area contributed by atoms with Crippen LogP contribution in [0.2, 0.25) is 0 Å². The number of aliphatic carboxylic acids is 1. The normalized spacial score (nSPS) is 17.3. The van der Waals surface area contributed by atoms with Gasteiger partial charge in [0.25, 0.3) is 0 Å². The first-order chi connectivity index (χ1) is 8.78. The molecule has 0 amide bonds. The first-order valence-electron chi connectivity index (χ1n) is 5.68. The zero-order valence-electron chi connectivity index (χ0n) is 10.3. The standard InChI is InChI=1S/C12H13F2NO4/c1-6(2)10(11(16)17)15-7-3-4-8-9(5-7)19-12(13,14)18-8/h3-6,10,15H,1-2H3,(H,16,17). The number of carboxylic acid groups (broad SMARTS) is 1. The molecule has 1 unspecified atom stereocenters. The SMILES string of the molecule is CC(C)C(Nc1ccc2c(c1)OC(F)(F)O2)C(=O)O. The van der Waals surface area contributed by atoms with Crippen molar-refractivity contribution in [2.45, 2.75) is 26.2 Å². The van der Waals surface area contributed by atoms with Crippen molar-refractivity contribution < 1.29 is 28.2 Å². The molecular weight excluding hydrogens is 260 g/mol. The summed E-state index contributed by atoms with van der Waals surface area (Å²) in [7, 11) is 0. The van der Waals surface area contributed by atoms with Crippen molar-refractivity contribution in [2.75, 3.05) is 5.32 Å². The molecule has 1 aliphatic heterocycles. The summed E-state index contributed by atoms with van der Waals surface area (Å²) in [4.78, 5) is 11.0. The molecular formula is C12H13F2NO4. The number of rotatable bonds is 4. The summed E-state index contributed by atoms with van der Waals surface area (Å²) >= 11 is 0. The summed E-state index contributed by atoms with van der Waals surface area (Å²) in [6.45, 7) is 3.49. The highest BCUT2D eigenvalue weighted by atomic mass is 19.3. The minimum Gasteiger partial charge on any atom is -0.480 e. The lowest BCUT2D eigenvalue weighted by Crippen LogP contribution is -2.34. The third-order valence-corrected chi connectivity index (χ3v) is 2.66. The fourth-order valence-corrected chi connectivity index (χ4v) is 1.73. The van der Waals surface area contributed by atoms with Gasteiger partial charge in [-0.05, 0) is 18.1 Å². The number of fused-ring (bicyclic) bond motifs is 1. The highest BCUT2D eigenvalue weighted by molar-refractivity contribution is 5.78. The first kappa shape index (κ1) is 13.4. The van der Waals surface area contributed by atoms with Crippen molar-refractivity contribution in [3.05, 3.63) is 18.2 Å². The minimum absolute atomic E-state index is 0.0769. The maximum atomic E-state index is 12.8. The largest absolute Gasteiger partial charge is 0.586 e. The van der Waals surface area contributed by atoms with Gasteiger partial charge in [-0.3, -0.25) is 0 Å². The van der Waals surface area contributed by atoms with Crippen LogP contribution in [0, 0.1) is 5.92 Å². The van der Waals surface area contributed by atoms with Gasteiger partial charge in [-0.25, -0.2) is 4.79 Å². The third-order valence-electron chi connectivity index (χ3n) is 2.66. The van der Waals surface area contributed by atoms with E-state index in [4.69, 9.17) is 5.11 Å². The van der Waals surface area contributed by atoms with E-state index in [1.165, 1.54) is 18.2 Å². The summed E-state index contributed by atoms with van der Waals surface area (Å²) in [6.07, 6.45) is -3.68. The van der Waals surface area contributed by atoms with Gasteiger partial charge in [0, 0.05) is 11.8 Å². The molecule has 2 N–H and O–H groups in total. The van der Waals surface area contributed by atoms with Gasteiger partial charge in [0.2, 0.25) is 0 Å². The van der Waals surface area contributed by atoms with E-state index in [0.717, 1.165) is 0 Å². The summed E-state index contributed by atoms with van der Waals surface area (Å²) in [5.41, 5.74) is 0.376. The van der Waals surface area contributed by atoms with Crippen molar-refractivity contribution in [3.8, 4) is 11.5 Å². The van der Waals surface area contributed by atoms with Gasteiger partial charge in [0.05, 0.1) is 0 Å². The van der Waals surface area contributed by atoms with Crippen LogP contribution in [0.4, 0.5) is 14.5 Å². The van der Waals surface area contributed by atoms with E-state index in [0.29, 0.717) is 5.69 Å². The van der Waals surface area contributed by atoms with Crippen molar-refractivity contribution in [1.29, 1.82) is 0 Å². The van der Waals surface area contributed by atoms with E-state index in [9.17, 15) is 13.6 Å². The van der Waals surface area contributed by atoms with Crippen LogP contribution in [0.5, 0.6) is 11.5 Å². The summed E-state index contributed by atoms with van der Waals surface area (Å²) in [6, 6.07) is 3.23. The Hall–Kier alpha value is -2.05. The Morgan fingerprint density at radius 1 is 1.32 bits per heavy atom. The molecule has 0 spiro atoms. The molecule has 0 bridgehead atoms. The van der Waals surface area contributed by atoms with Gasteiger partial charge < -0.3 is 19.9 Å². The quantitative estimate of drug-likeness (QED) is 0.882. The smallest absolute Gasteiger partial charge is 0.480 e. The van der Waals surface area contributed by atoms with E-state index in [2.05, 4.69) is 14.8 Å². The molecule has 7 heteroatoms. The Bertz CT molecular complexity index is 505. The number of hydrogen-bond acceptors (Lipinski definition) is 4. The monoisotopic (exact) mass is 273 g/mol. The molecule has 1 atom stereocenters. The fourth-order valence-electron chi connectivity index (χ4n) is 1.73. The third kappa shape index (κ3) is 2.86. The zero-order chi connectivity index (χ0) is 14.2. The first-order valence-corrected chi connectivity index (χ1v) is 5.68. The Kier molecular flexibility index (Phi) is 3.21. The number of alkyl halides is 2. The van der Waals surface area contributed by atoms with Crippen LogP contribution in [0.1, 0.15) is 13.8 Å². The van der Waals surface area contributed by atoms with Crippen molar-refractivity contribution in [3.63, 3.8) is 0 Å². The molecule has 0 saturated heterocycles. The van der Waals surface area contributed by atoms with E-state index in [1.807, 2.05) is 0 Å². The summed E-state index contributed by atoms with van der Waals surface area (Å²) in [5.74, 6) is -1.38. The van der Waals surface area contributed by atoms with E-state index in [-0.39, 0.29) is 17.4 Å². The van der Waals surface area contributed by atoms with E-state index < -0.39 is 18.3 Å². The van der Waals surface area contributed by atoms with Crippen molar-refractivity contribution in [2.24, 2.45) is 5.92 Å². The van der Waals surface area contributed by atoms with E-state index in [1.54, 1.807) is 13.8 Å². The number of carboxylic acids is 1. The predicted molar refractivity (Wildman–Crippen MR) is 62.5 cm³/mol. The number of anilines is 1. The Morgan fingerprint density at radius 2 is 1.95 bits per heavy atom. The van der Waals surface area contributed by atoms with Gasteiger partial charge in [0.1, 0.15) is 6.04 Å². The lowest BCUT2D eigenvalue weighted by atomic mass is 10.0. The lowest BCUT2D eigenvalue weighted by Gasteiger charge is -2.19. The van der Waals surface area contributed by atoms with Crippen LogP contribution in [0.25, 0.3) is 0 Å². The summed E-state index contributed by atoms with van der Waals surface area (Å²) < 4.78 is 34.2. The van der Waals surface area contributed by atoms with E-state index >= 15 is 0 Å². The number of carbonyl (C=O) groups is 1. The number of halogens is 2. The highest BCUT2D eigenvalue weighted by Gasteiger charge is 2.43. The van der Waals surface area contributed by atoms with Gasteiger partial charge in [0.15, 0.2) is 11.5 Å². The van der Waals surface area contributed by atoms with Crippen LogP contribution >= 0.6 is 0 Å². The molecule has 19 heavy (non-hydrogen) atoms. The van der Waals surface area contributed by atoms with Gasteiger partial charge in [-0.15, -0.1) is 8.78 Å². The summed E-state index contributed by atoms with van der Waals surface area (Å²) in [5, 5.41) is 11.8. The zero-order valence-corrected chi connectivity index (χ0v) is 10.3. The second-order valence-electron chi connectivity index (χ2n) is 4.53. The van der Waals surface area contributed by atoms with Crippen LogP contribution in [0.15, 0.2) is 18.2 Å². The van der Waals surface area contributed by atoms with Crippen molar-refractivity contribution in [1.82, 2.24) is 0 Å². The molecule has 2 rings (SSSR count). The topological polar surface area (TPSA) is 67.8 Å². The highest BCUT2D eigenvalue weighted by Crippen LogP contribution is 2.42. The second kappa shape index (κ2) is 4.56. The maximum Gasteiger partial charge on any atom is 0.586 e. The fraction of sp³-hybridized carbons (Fsp3) is 0.417. The average molecular weight is 273 g/mol. The number of nitrogens with one attached hydrogen (secondary N) is 1. The molecule has 0 aromatic heterocycles. The maximum absolute atomic E-state index is 12.8. The average Bonchev–Trinajstić information content (AvgIpc) is 2.57. The second-order valence-corrected chi connectivity index (χ2v) is 4.53. The number of ether oxygens (including phenoxy) is 2. The number of benzene rings is 1. The molecule has 1 aromatic rings. The van der Waals surface area contributed by atoms with Gasteiger partial charge in [-0.2, -0.15) is 0 Å². The van der Waals surface area contributed by atoms with Crippen LogP contribution in [-0.4, -0.2) is 23.4 Å².